The van der Waals surface area contributed by atoms with E-state index in [1.807, 2.05) is 36.4 Å². The van der Waals surface area contributed by atoms with E-state index < -0.39 is 0 Å². The van der Waals surface area contributed by atoms with Gasteiger partial charge in [-0.3, -0.25) is 4.79 Å². The predicted molar refractivity (Wildman–Crippen MR) is 127 cm³/mol. The van der Waals surface area contributed by atoms with E-state index in [2.05, 4.69) is 46.4 Å². The summed E-state index contributed by atoms with van der Waals surface area (Å²) in [5.41, 5.74) is 11.0. The van der Waals surface area contributed by atoms with Gasteiger partial charge in [0.05, 0.1) is 23.9 Å². The fourth-order valence-electron chi connectivity index (χ4n) is 3.43. The number of nitrogens with zero attached hydrogens (tertiary/aromatic N) is 4. The number of nitrogens with one attached hydrogen (secondary N) is 1. The van der Waals surface area contributed by atoms with Gasteiger partial charge in [0.25, 0.3) is 5.91 Å². The van der Waals surface area contributed by atoms with Gasteiger partial charge in [-0.05, 0) is 29.2 Å². The van der Waals surface area contributed by atoms with Crippen molar-refractivity contribution >= 4 is 40.1 Å². The molecule has 8 heteroatoms. The molecule has 2 heterocycles. The molecule has 0 radical (unpaired) electrons. The summed E-state index contributed by atoms with van der Waals surface area (Å²) in [5.74, 6) is 0.289. The average Bonchev–Trinajstić information content (AvgIpc) is 3.06. The highest BCUT2D eigenvalue weighted by Gasteiger charge is 2.23. The Labute approximate surface area is 186 Å². The summed E-state index contributed by atoms with van der Waals surface area (Å²) >= 11 is 0. The quantitative estimate of drug-likeness (QED) is 0.344. The van der Waals surface area contributed by atoms with Crippen LogP contribution in [0.5, 0.6) is 0 Å². The smallest absolute Gasteiger partial charge is 0.257 e. The number of hydrogen-bond donors (Lipinski definition) is 2. The second-order valence-electron chi connectivity index (χ2n) is 7.77. The number of anilines is 1. The van der Waals surface area contributed by atoms with E-state index in [1.165, 1.54) is 10.2 Å². The number of carbonyl (C=O) groups excluding carboxylic acids is 1. The van der Waals surface area contributed by atoms with Crippen molar-refractivity contribution in [2.75, 3.05) is 26.0 Å². The molecule has 0 unspecified atom stereocenters. The van der Waals surface area contributed by atoms with Crippen LogP contribution in [0.25, 0.3) is 22.2 Å². The summed E-state index contributed by atoms with van der Waals surface area (Å²) in [4.78, 5) is 22.3. The Hall–Kier alpha value is -3.78. The molecule has 0 bridgehead atoms. The van der Waals surface area contributed by atoms with E-state index in [0.717, 1.165) is 5.56 Å². The third-order valence-corrected chi connectivity index (χ3v) is 5.22. The van der Waals surface area contributed by atoms with Crippen molar-refractivity contribution in [1.29, 1.82) is 0 Å². The number of methoxy groups -OCH3 is 1. The van der Waals surface area contributed by atoms with Crippen LogP contribution < -0.4 is 11.1 Å². The van der Waals surface area contributed by atoms with E-state index in [1.54, 1.807) is 13.3 Å². The molecule has 0 aliphatic carbocycles. The monoisotopic (exact) mass is 430 g/mol. The number of rotatable bonds is 7. The lowest BCUT2D eigenvalue weighted by Gasteiger charge is -2.05. The van der Waals surface area contributed by atoms with Crippen LogP contribution in [0.1, 0.15) is 41.3 Å². The van der Waals surface area contributed by atoms with Crippen LogP contribution in [0.3, 0.4) is 0 Å². The van der Waals surface area contributed by atoms with Crippen LogP contribution in [0.15, 0.2) is 53.6 Å². The van der Waals surface area contributed by atoms with E-state index in [0.29, 0.717) is 41.3 Å². The van der Waals surface area contributed by atoms with Crippen molar-refractivity contribution in [3.8, 4) is 0 Å². The summed E-state index contributed by atoms with van der Waals surface area (Å²) in [7, 11) is 1.58. The lowest BCUT2D eigenvalue weighted by Crippen LogP contribution is -2.27. The minimum absolute atomic E-state index is 0.181. The van der Waals surface area contributed by atoms with E-state index in [-0.39, 0.29) is 17.3 Å². The zero-order valence-electron chi connectivity index (χ0n) is 18.4. The minimum atomic E-state index is -0.343. The summed E-state index contributed by atoms with van der Waals surface area (Å²) < 4.78 is 6.49. The van der Waals surface area contributed by atoms with Crippen LogP contribution in [-0.2, 0) is 4.74 Å². The number of carbonyl (C=O) groups is 1. The van der Waals surface area contributed by atoms with Crippen molar-refractivity contribution in [3.05, 3.63) is 65.2 Å². The number of aromatic nitrogens is 3. The molecule has 0 saturated heterocycles. The molecule has 4 rings (SSSR count). The fourth-order valence-corrected chi connectivity index (χ4v) is 3.43. The maximum Gasteiger partial charge on any atom is 0.257 e. The number of benzene rings is 2. The van der Waals surface area contributed by atoms with Crippen molar-refractivity contribution < 1.29 is 9.53 Å². The van der Waals surface area contributed by atoms with Crippen LogP contribution in [0, 0.1) is 0 Å². The minimum Gasteiger partial charge on any atom is -0.383 e. The Bertz CT molecular complexity index is 1290. The molecular formula is C24H26N6O2. The van der Waals surface area contributed by atoms with Gasteiger partial charge in [0, 0.05) is 13.7 Å². The number of fused-ring (bicyclic) bond motifs is 2. The van der Waals surface area contributed by atoms with Crippen molar-refractivity contribution in [2.45, 2.75) is 19.8 Å². The number of nitrogens with two attached hydrogens (primary N) is 1. The SMILES string of the molecule is COCCNC(=O)c1c(N)n(/N=C\c2ccc(C(C)C)cc2)c2nc3ccccc3nc12. The summed E-state index contributed by atoms with van der Waals surface area (Å²) in [6.45, 7) is 5.05. The third-order valence-electron chi connectivity index (χ3n) is 5.22. The molecule has 3 N–H and O–H groups in total. The first-order valence-corrected chi connectivity index (χ1v) is 10.5. The van der Waals surface area contributed by atoms with Crippen LogP contribution in [0.4, 0.5) is 5.82 Å². The first-order chi connectivity index (χ1) is 15.5. The molecule has 0 saturated carbocycles. The fraction of sp³-hybridized carbons (Fsp3) is 0.250. The summed E-state index contributed by atoms with van der Waals surface area (Å²) in [5, 5.41) is 7.35. The molecular weight excluding hydrogens is 404 g/mol. The Morgan fingerprint density at radius 1 is 1.16 bits per heavy atom. The molecule has 4 aromatic rings. The highest BCUT2D eigenvalue weighted by Crippen LogP contribution is 2.27. The van der Waals surface area contributed by atoms with E-state index in [4.69, 9.17) is 10.5 Å². The van der Waals surface area contributed by atoms with Crippen LogP contribution in [0.2, 0.25) is 0 Å². The number of hydrogen-bond acceptors (Lipinski definition) is 6. The average molecular weight is 431 g/mol. The lowest BCUT2D eigenvalue weighted by atomic mass is 10.0. The summed E-state index contributed by atoms with van der Waals surface area (Å²) in [6, 6.07) is 15.6. The van der Waals surface area contributed by atoms with Gasteiger partial charge in [0.1, 0.15) is 16.9 Å². The first-order valence-electron chi connectivity index (χ1n) is 10.5. The van der Waals surface area contributed by atoms with Crippen molar-refractivity contribution in [3.63, 3.8) is 0 Å². The van der Waals surface area contributed by atoms with Gasteiger partial charge in [0.15, 0.2) is 5.65 Å². The van der Waals surface area contributed by atoms with Gasteiger partial charge < -0.3 is 15.8 Å². The molecule has 0 aliphatic rings. The lowest BCUT2D eigenvalue weighted by molar-refractivity contribution is 0.0939. The zero-order chi connectivity index (χ0) is 22.7. The topological polar surface area (TPSA) is 107 Å². The normalized spacial score (nSPS) is 11.8. The predicted octanol–water partition coefficient (Wildman–Crippen LogP) is 3.55. The largest absolute Gasteiger partial charge is 0.383 e. The van der Waals surface area contributed by atoms with Crippen LogP contribution in [-0.4, -0.2) is 47.0 Å². The molecule has 164 valence electrons. The molecule has 2 aromatic carbocycles. The second kappa shape index (κ2) is 9.15. The van der Waals surface area contributed by atoms with Gasteiger partial charge in [-0.1, -0.05) is 50.2 Å². The number of amides is 1. The first kappa shape index (κ1) is 21.5. The molecule has 32 heavy (non-hydrogen) atoms. The number of ether oxygens (including phenoxy) is 1. The van der Waals surface area contributed by atoms with Gasteiger partial charge in [-0.15, -0.1) is 0 Å². The van der Waals surface area contributed by atoms with Crippen molar-refractivity contribution in [1.82, 2.24) is 20.0 Å². The van der Waals surface area contributed by atoms with Crippen LogP contribution >= 0.6 is 0 Å². The molecule has 1 amide bonds. The van der Waals surface area contributed by atoms with Gasteiger partial charge in [0.2, 0.25) is 0 Å². The standard InChI is InChI=1S/C24H26N6O2/c1-15(2)17-10-8-16(9-11-17)14-27-30-22(25)20(24(31)26-12-13-32-3)21-23(30)29-19-7-5-4-6-18(19)28-21/h4-11,14-15H,12-13,25H2,1-3H3,(H,26,31)/b27-14-. The number of nitrogen functional groups attached to an aromatic ring is 1. The Morgan fingerprint density at radius 3 is 2.50 bits per heavy atom. The molecule has 0 spiro atoms. The Morgan fingerprint density at radius 2 is 1.84 bits per heavy atom. The molecule has 2 aromatic heterocycles. The van der Waals surface area contributed by atoms with E-state index >= 15 is 0 Å². The Balaban J connectivity index is 1.80. The highest BCUT2D eigenvalue weighted by atomic mass is 16.5. The molecule has 0 aliphatic heterocycles. The highest BCUT2D eigenvalue weighted by molar-refractivity contribution is 6.10. The second-order valence-corrected chi connectivity index (χ2v) is 7.77. The maximum absolute atomic E-state index is 12.9. The third kappa shape index (κ3) is 4.17. The zero-order valence-corrected chi connectivity index (χ0v) is 18.4. The Kier molecular flexibility index (Phi) is 6.13. The molecule has 8 nitrogen and oxygen atoms in total. The maximum atomic E-state index is 12.9. The number of para-hydroxylation sites is 2. The molecule has 0 fully saturated rings. The van der Waals surface area contributed by atoms with Gasteiger partial charge in [-0.25, -0.2) is 9.97 Å². The van der Waals surface area contributed by atoms with Gasteiger partial charge in [-0.2, -0.15) is 9.78 Å². The van der Waals surface area contributed by atoms with Gasteiger partial charge >= 0.3 is 0 Å². The summed E-state index contributed by atoms with van der Waals surface area (Å²) in [6.07, 6.45) is 1.70. The van der Waals surface area contributed by atoms with Crippen molar-refractivity contribution in [2.24, 2.45) is 5.10 Å². The molecule has 0 atom stereocenters. The van der Waals surface area contributed by atoms with E-state index in [9.17, 15) is 4.79 Å².